The molecule has 6 nitrogen and oxygen atoms in total. The number of hydrogen-bond acceptors (Lipinski definition) is 5. The van der Waals surface area contributed by atoms with Gasteiger partial charge in [0.15, 0.2) is 0 Å². The number of nitrogens with one attached hydrogen (secondary N) is 1. The molecule has 10 heteroatoms. The van der Waals surface area contributed by atoms with E-state index in [1.165, 1.54) is 6.07 Å². The van der Waals surface area contributed by atoms with Crippen molar-refractivity contribution in [3.63, 3.8) is 0 Å². The third kappa shape index (κ3) is 7.59. The number of rotatable bonds is 11. The normalized spacial score (nSPS) is 17.8. The van der Waals surface area contributed by atoms with Crippen LogP contribution in [0.1, 0.15) is 67.3 Å². The van der Waals surface area contributed by atoms with Gasteiger partial charge in [0, 0.05) is 53.8 Å². The molecule has 3 atom stereocenters. The SMILES string of the molecule is CC[C@@H]1CC(N(Cc2cc(Cl)cc(C(F)(F)F)c2)c2ncc(-c3cn(C(c4ccccc4)(c4ccccc4)c4ccccc4)cn3)cn2)C[C@H](CC)N1. The summed E-state index contributed by atoms with van der Waals surface area (Å²) in [6.45, 7) is 4.48. The minimum Gasteiger partial charge on any atom is -0.333 e. The Morgan fingerprint density at radius 1 is 0.736 bits per heavy atom. The van der Waals surface area contributed by atoms with Crippen molar-refractivity contribution in [2.24, 2.45) is 0 Å². The second kappa shape index (κ2) is 15.5. The standard InChI is InChI=1S/C43H42ClF3N6/c1-3-37-23-39(24-38(4-2)51-37)53(27-30-20-35(43(45,46)47)22-36(44)21-30)41-48-25-31(26-49-41)40-28-52(29-50-40)42(32-14-8-5-9-15-32,33-16-10-6-11-17-33)34-18-12-7-13-19-34/h5-22,25-26,28-29,37-39,51H,3-4,23-24,27H2,1-2H3/t37-,38+,39?. The average molecular weight is 735 g/mol. The van der Waals surface area contributed by atoms with Crippen LogP contribution < -0.4 is 10.2 Å². The van der Waals surface area contributed by atoms with Gasteiger partial charge >= 0.3 is 6.18 Å². The van der Waals surface area contributed by atoms with E-state index >= 15 is 0 Å². The maximum Gasteiger partial charge on any atom is 0.416 e. The Balaban J connectivity index is 1.28. The van der Waals surface area contributed by atoms with E-state index in [1.807, 2.05) is 72.0 Å². The van der Waals surface area contributed by atoms with Gasteiger partial charge in [-0.3, -0.25) is 0 Å². The van der Waals surface area contributed by atoms with Crippen LogP contribution in [0.3, 0.4) is 0 Å². The lowest BCUT2D eigenvalue weighted by molar-refractivity contribution is -0.137. The molecule has 1 fully saturated rings. The summed E-state index contributed by atoms with van der Waals surface area (Å²) >= 11 is 6.23. The Morgan fingerprint density at radius 3 is 1.75 bits per heavy atom. The van der Waals surface area contributed by atoms with Crippen LogP contribution in [0.2, 0.25) is 5.02 Å². The molecule has 0 spiro atoms. The van der Waals surface area contributed by atoms with Gasteiger partial charge in [-0.2, -0.15) is 13.2 Å². The zero-order chi connectivity index (χ0) is 37.0. The fraction of sp³-hybridized carbons (Fsp3) is 0.279. The molecule has 1 unspecified atom stereocenters. The number of imidazole rings is 1. The van der Waals surface area contributed by atoms with Gasteiger partial charge in [-0.25, -0.2) is 15.0 Å². The lowest BCUT2D eigenvalue weighted by atomic mass is 9.77. The molecule has 0 aliphatic carbocycles. The number of nitrogens with zero attached hydrogens (tertiary/aromatic N) is 5. The van der Waals surface area contributed by atoms with E-state index < -0.39 is 17.3 Å². The number of alkyl halides is 3. The van der Waals surface area contributed by atoms with Crippen molar-refractivity contribution in [2.75, 3.05) is 4.90 Å². The Bertz CT molecular complexity index is 1980. The van der Waals surface area contributed by atoms with Crippen molar-refractivity contribution < 1.29 is 13.2 Å². The van der Waals surface area contributed by atoms with Crippen molar-refractivity contribution in [3.8, 4) is 11.3 Å². The molecule has 6 aromatic rings. The zero-order valence-corrected chi connectivity index (χ0v) is 30.5. The van der Waals surface area contributed by atoms with Crippen molar-refractivity contribution in [3.05, 3.63) is 167 Å². The number of piperidine rings is 1. The third-order valence-corrected chi connectivity index (χ3v) is 10.6. The molecule has 1 aliphatic heterocycles. The van der Waals surface area contributed by atoms with Crippen LogP contribution in [-0.2, 0) is 18.3 Å². The van der Waals surface area contributed by atoms with Gasteiger partial charge in [0.25, 0.3) is 0 Å². The number of benzene rings is 4. The second-order valence-electron chi connectivity index (χ2n) is 13.7. The summed E-state index contributed by atoms with van der Waals surface area (Å²) in [4.78, 5) is 16.6. The van der Waals surface area contributed by atoms with Crippen LogP contribution in [0.4, 0.5) is 19.1 Å². The largest absolute Gasteiger partial charge is 0.416 e. The highest BCUT2D eigenvalue weighted by Crippen LogP contribution is 2.41. The van der Waals surface area contributed by atoms with E-state index in [4.69, 9.17) is 26.6 Å². The molecule has 3 heterocycles. The second-order valence-corrected chi connectivity index (χ2v) is 14.2. The first-order chi connectivity index (χ1) is 25.7. The van der Waals surface area contributed by atoms with Gasteiger partial charge < -0.3 is 14.8 Å². The molecule has 0 saturated carbocycles. The van der Waals surface area contributed by atoms with E-state index in [9.17, 15) is 13.2 Å². The van der Waals surface area contributed by atoms with Crippen LogP contribution in [0.25, 0.3) is 11.3 Å². The van der Waals surface area contributed by atoms with E-state index in [1.54, 1.807) is 18.5 Å². The fourth-order valence-corrected chi connectivity index (χ4v) is 8.01. The summed E-state index contributed by atoms with van der Waals surface area (Å²) < 4.78 is 43.6. The summed E-state index contributed by atoms with van der Waals surface area (Å²) in [5.41, 5.74) is 3.62. The molecule has 2 aromatic heterocycles. The van der Waals surface area contributed by atoms with E-state index in [0.29, 0.717) is 17.2 Å². The fourth-order valence-electron chi connectivity index (χ4n) is 7.75. The summed E-state index contributed by atoms with van der Waals surface area (Å²) in [6, 6.07) is 35.4. The molecule has 1 aliphatic rings. The van der Waals surface area contributed by atoms with E-state index in [0.717, 1.165) is 54.0 Å². The molecule has 4 aromatic carbocycles. The molecule has 0 radical (unpaired) electrons. The smallest absolute Gasteiger partial charge is 0.333 e. The summed E-state index contributed by atoms with van der Waals surface area (Å²) in [7, 11) is 0. The molecule has 53 heavy (non-hydrogen) atoms. The van der Waals surface area contributed by atoms with E-state index in [-0.39, 0.29) is 29.7 Å². The molecule has 0 bridgehead atoms. The summed E-state index contributed by atoms with van der Waals surface area (Å²) in [5, 5.41) is 3.77. The maximum absolute atomic E-state index is 13.8. The Morgan fingerprint density at radius 2 is 1.26 bits per heavy atom. The quantitative estimate of drug-likeness (QED) is 0.134. The van der Waals surface area contributed by atoms with Crippen molar-refractivity contribution in [1.82, 2.24) is 24.8 Å². The lowest BCUT2D eigenvalue weighted by Gasteiger charge is -2.41. The predicted molar refractivity (Wildman–Crippen MR) is 205 cm³/mol. The highest BCUT2D eigenvalue weighted by molar-refractivity contribution is 6.30. The van der Waals surface area contributed by atoms with Gasteiger partial charge in [-0.15, -0.1) is 0 Å². The van der Waals surface area contributed by atoms with Gasteiger partial charge in [-0.1, -0.05) is 116 Å². The van der Waals surface area contributed by atoms with Crippen molar-refractivity contribution in [1.29, 1.82) is 0 Å². The van der Waals surface area contributed by atoms with Gasteiger partial charge in [0.2, 0.25) is 5.95 Å². The van der Waals surface area contributed by atoms with Crippen LogP contribution in [0.5, 0.6) is 0 Å². The minimum absolute atomic E-state index is 0.00719. The monoisotopic (exact) mass is 734 g/mol. The van der Waals surface area contributed by atoms with Crippen LogP contribution >= 0.6 is 11.6 Å². The Kier molecular flexibility index (Phi) is 10.7. The molecule has 0 amide bonds. The number of aromatic nitrogens is 4. The van der Waals surface area contributed by atoms with Gasteiger partial charge in [0.05, 0.1) is 17.6 Å². The Labute approximate surface area is 313 Å². The first-order valence-electron chi connectivity index (χ1n) is 18.1. The van der Waals surface area contributed by atoms with Gasteiger partial charge in [-0.05, 0) is 66.1 Å². The highest BCUT2D eigenvalue weighted by Gasteiger charge is 2.39. The van der Waals surface area contributed by atoms with Gasteiger partial charge in [0.1, 0.15) is 5.54 Å². The zero-order valence-electron chi connectivity index (χ0n) is 29.7. The first-order valence-corrected chi connectivity index (χ1v) is 18.5. The third-order valence-electron chi connectivity index (χ3n) is 10.4. The summed E-state index contributed by atoms with van der Waals surface area (Å²) in [5.74, 6) is 0.450. The number of hydrogen-bond donors (Lipinski definition) is 1. The topological polar surface area (TPSA) is 58.9 Å². The lowest BCUT2D eigenvalue weighted by Crippen LogP contribution is -2.52. The van der Waals surface area contributed by atoms with Crippen molar-refractivity contribution in [2.45, 2.75) is 75.9 Å². The molecule has 1 N–H and O–H groups in total. The number of anilines is 1. The van der Waals surface area contributed by atoms with E-state index in [2.05, 4.69) is 60.1 Å². The minimum atomic E-state index is -4.51. The maximum atomic E-state index is 13.8. The highest BCUT2D eigenvalue weighted by atomic mass is 35.5. The Hall–Kier alpha value is -4.99. The average Bonchev–Trinajstić information content (AvgIpc) is 3.68. The molecule has 7 rings (SSSR count). The van der Waals surface area contributed by atoms with Crippen LogP contribution in [0.15, 0.2) is 134 Å². The van der Waals surface area contributed by atoms with Crippen LogP contribution in [0, 0.1) is 0 Å². The molecule has 272 valence electrons. The molecule has 1 saturated heterocycles. The molecular weight excluding hydrogens is 693 g/mol. The van der Waals surface area contributed by atoms with Crippen LogP contribution in [-0.4, -0.2) is 37.6 Å². The first kappa shape index (κ1) is 36.4. The molecular formula is C43H42ClF3N6. The van der Waals surface area contributed by atoms with Crippen molar-refractivity contribution >= 4 is 17.5 Å². The number of halogens is 4. The summed E-state index contributed by atoms with van der Waals surface area (Å²) in [6.07, 6.45) is 6.39. The predicted octanol–water partition coefficient (Wildman–Crippen LogP) is 10.2.